The average Bonchev–Trinajstić information content (AvgIpc) is 3.19. The largest absolute Gasteiger partial charge is 0.368 e. The molecule has 1 saturated heterocycles. The number of nitrogens with zero attached hydrogens (tertiary/aromatic N) is 3. The van der Waals surface area contributed by atoms with E-state index < -0.39 is 0 Å². The molecule has 1 aromatic rings. The minimum absolute atomic E-state index is 0.138. The molecule has 3 rings (SSSR count). The summed E-state index contributed by atoms with van der Waals surface area (Å²) in [5.41, 5.74) is 3.56. The molecule has 1 aliphatic carbocycles. The summed E-state index contributed by atoms with van der Waals surface area (Å²) in [5.74, 6) is -0.138. The maximum absolute atomic E-state index is 11.6. The van der Waals surface area contributed by atoms with Crippen LogP contribution in [0.4, 0.5) is 5.69 Å². The molecule has 1 N–H and O–H groups in total. The number of pyridine rings is 1. The minimum Gasteiger partial charge on any atom is -0.368 e. The van der Waals surface area contributed by atoms with Crippen molar-refractivity contribution in [2.75, 3.05) is 38.1 Å². The zero-order valence-corrected chi connectivity index (χ0v) is 16.6. The summed E-state index contributed by atoms with van der Waals surface area (Å²) in [6.45, 7) is 11.2. The number of carbonyl (C=O) groups is 1. The number of piperazine rings is 1. The summed E-state index contributed by atoms with van der Waals surface area (Å²) < 4.78 is 0. The number of amides is 1. The van der Waals surface area contributed by atoms with Crippen molar-refractivity contribution in [3.05, 3.63) is 35.7 Å². The number of nitrogens with one attached hydrogen (secondary N) is 1. The highest BCUT2D eigenvalue weighted by Crippen LogP contribution is 2.39. The van der Waals surface area contributed by atoms with Gasteiger partial charge in [-0.15, -0.1) is 0 Å². The van der Waals surface area contributed by atoms with Gasteiger partial charge in [0.25, 0.3) is 5.91 Å². The van der Waals surface area contributed by atoms with Crippen molar-refractivity contribution in [2.24, 2.45) is 5.41 Å². The summed E-state index contributed by atoms with van der Waals surface area (Å²) in [7, 11) is 1.63. The molecule has 2 heterocycles. The monoisotopic (exact) mass is 356 g/mol. The third-order valence-electron chi connectivity index (χ3n) is 6.25. The Kier molecular flexibility index (Phi) is 5.66. The van der Waals surface area contributed by atoms with E-state index in [0.29, 0.717) is 17.2 Å². The molecule has 1 fully saturated rings. The molecule has 1 atom stereocenters. The van der Waals surface area contributed by atoms with Crippen LogP contribution in [0.25, 0.3) is 0 Å². The van der Waals surface area contributed by atoms with Crippen molar-refractivity contribution in [2.45, 2.75) is 46.1 Å². The first-order valence-corrected chi connectivity index (χ1v) is 9.81. The summed E-state index contributed by atoms with van der Waals surface area (Å²) in [6.07, 6.45) is 7.93. The van der Waals surface area contributed by atoms with Crippen LogP contribution in [0.5, 0.6) is 0 Å². The molecule has 0 spiro atoms. The van der Waals surface area contributed by atoms with E-state index in [9.17, 15) is 4.79 Å². The van der Waals surface area contributed by atoms with Crippen LogP contribution in [0.2, 0.25) is 0 Å². The number of hydrogen-bond acceptors (Lipinski definition) is 4. The molecule has 0 aromatic carbocycles. The Hall–Kier alpha value is -1.88. The predicted octanol–water partition coefficient (Wildman–Crippen LogP) is 3.09. The second kappa shape index (κ2) is 7.78. The Morgan fingerprint density at radius 3 is 2.58 bits per heavy atom. The Balaban J connectivity index is 1.53. The van der Waals surface area contributed by atoms with Gasteiger partial charge >= 0.3 is 0 Å². The average molecular weight is 357 g/mol. The lowest BCUT2D eigenvalue weighted by Gasteiger charge is -2.39. The molecule has 5 nitrogen and oxygen atoms in total. The Labute approximate surface area is 157 Å². The van der Waals surface area contributed by atoms with Crippen molar-refractivity contribution in [3.63, 3.8) is 0 Å². The van der Waals surface area contributed by atoms with Gasteiger partial charge in [0.15, 0.2) is 0 Å². The van der Waals surface area contributed by atoms with Crippen molar-refractivity contribution in [1.82, 2.24) is 15.2 Å². The first kappa shape index (κ1) is 18.9. The van der Waals surface area contributed by atoms with E-state index in [2.05, 4.69) is 46.9 Å². The van der Waals surface area contributed by atoms with Gasteiger partial charge in [0.1, 0.15) is 5.69 Å². The molecule has 1 aromatic heterocycles. The van der Waals surface area contributed by atoms with Gasteiger partial charge in [0.2, 0.25) is 0 Å². The highest BCUT2D eigenvalue weighted by Gasteiger charge is 2.32. The van der Waals surface area contributed by atoms with Gasteiger partial charge in [0, 0.05) is 39.3 Å². The van der Waals surface area contributed by atoms with Gasteiger partial charge in [0.05, 0.1) is 11.9 Å². The van der Waals surface area contributed by atoms with Crippen molar-refractivity contribution in [1.29, 1.82) is 0 Å². The van der Waals surface area contributed by atoms with Crippen LogP contribution in [0.15, 0.2) is 30.0 Å². The third-order valence-corrected chi connectivity index (χ3v) is 6.25. The molecule has 0 radical (unpaired) electrons. The fourth-order valence-electron chi connectivity index (χ4n) is 3.94. The van der Waals surface area contributed by atoms with Gasteiger partial charge in [-0.25, -0.2) is 4.98 Å². The molecule has 2 aliphatic rings. The molecule has 142 valence electrons. The molecule has 0 bridgehead atoms. The maximum atomic E-state index is 11.6. The molecule has 26 heavy (non-hydrogen) atoms. The van der Waals surface area contributed by atoms with E-state index in [1.165, 1.54) is 19.3 Å². The smallest absolute Gasteiger partial charge is 0.269 e. The minimum atomic E-state index is -0.138. The van der Waals surface area contributed by atoms with E-state index in [1.807, 2.05) is 12.3 Å². The van der Waals surface area contributed by atoms with Crippen LogP contribution in [0.3, 0.4) is 0 Å². The van der Waals surface area contributed by atoms with Crippen LogP contribution in [-0.2, 0) is 0 Å². The number of rotatable bonds is 5. The van der Waals surface area contributed by atoms with E-state index in [4.69, 9.17) is 0 Å². The molecule has 5 heteroatoms. The van der Waals surface area contributed by atoms with Crippen LogP contribution < -0.4 is 10.2 Å². The molecular formula is C21H32N4O. The quantitative estimate of drug-likeness (QED) is 0.824. The van der Waals surface area contributed by atoms with Crippen LogP contribution in [0.1, 0.15) is 50.5 Å². The van der Waals surface area contributed by atoms with E-state index in [0.717, 1.165) is 31.9 Å². The van der Waals surface area contributed by atoms with Crippen molar-refractivity contribution in [3.8, 4) is 0 Å². The highest BCUT2D eigenvalue weighted by molar-refractivity contribution is 5.92. The lowest BCUT2D eigenvalue weighted by molar-refractivity contribution is 0.0958. The van der Waals surface area contributed by atoms with E-state index >= 15 is 0 Å². The second-order valence-corrected chi connectivity index (χ2v) is 8.06. The lowest BCUT2D eigenvalue weighted by Crippen LogP contribution is -2.50. The standard InChI is InChI=1S/C21H32N4O/c1-5-21(2,3)16-6-7-17(14-16)24-10-12-25(13-11-24)18-8-9-19(23-15-18)20(26)22-4/h6,8-9,15,17H,5,7,10-14H2,1-4H3,(H,22,26). The molecule has 1 aliphatic heterocycles. The summed E-state index contributed by atoms with van der Waals surface area (Å²) in [6, 6.07) is 4.49. The van der Waals surface area contributed by atoms with Gasteiger partial charge in [-0.3, -0.25) is 9.69 Å². The van der Waals surface area contributed by atoms with Crippen LogP contribution in [0, 0.1) is 5.41 Å². The molecule has 1 unspecified atom stereocenters. The fraction of sp³-hybridized carbons (Fsp3) is 0.619. The van der Waals surface area contributed by atoms with Gasteiger partial charge in [-0.2, -0.15) is 0 Å². The zero-order valence-electron chi connectivity index (χ0n) is 16.6. The Morgan fingerprint density at radius 2 is 2.00 bits per heavy atom. The van der Waals surface area contributed by atoms with Crippen molar-refractivity contribution < 1.29 is 4.79 Å². The van der Waals surface area contributed by atoms with Gasteiger partial charge in [-0.05, 0) is 36.8 Å². The number of aromatic nitrogens is 1. The topological polar surface area (TPSA) is 48.5 Å². The first-order valence-electron chi connectivity index (χ1n) is 9.81. The van der Waals surface area contributed by atoms with E-state index in [-0.39, 0.29) is 5.91 Å². The number of carbonyl (C=O) groups excluding carboxylic acids is 1. The predicted molar refractivity (Wildman–Crippen MR) is 107 cm³/mol. The summed E-state index contributed by atoms with van der Waals surface area (Å²) >= 11 is 0. The Morgan fingerprint density at radius 1 is 1.27 bits per heavy atom. The van der Waals surface area contributed by atoms with Crippen LogP contribution >= 0.6 is 0 Å². The number of anilines is 1. The molecule has 1 amide bonds. The molecular weight excluding hydrogens is 324 g/mol. The second-order valence-electron chi connectivity index (χ2n) is 8.06. The Bertz CT molecular complexity index is 657. The first-order chi connectivity index (χ1) is 12.4. The number of hydrogen-bond donors (Lipinski definition) is 1. The lowest BCUT2D eigenvalue weighted by atomic mass is 9.81. The van der Waals surface area contributed by atoms with Crippen LogP contribution in [-0.4, -0.2) is 55.1 Å². The van der Waals surface area contributed by atoms with Gasteiger partial charge < -0.3 is 10.2 Å². The summed E-state index contributed by atoms with van der Waals surface area (Å²) in [5, 5.41) is 2.61. The summed E-state index contributed by atoms with van der Waals surface area (Å²) in [4.78, 5) is 20.9. The molecule has 0 saturated carbocycles. The van der Waals surface area contributed by atoms with Gasteiger partial charge in [-0.1, -0.05) is 32.4 Å². The third kappa shape index (κ3) is 3.93. The highest BCUT2D eigenvalue weighted by atomic mass is 16.1. The van der Waals surface area contributed by atoms with Crippen molar-refractivity contribution >= 4 is 11.6 Å². The van der Waals surface area contributed by atoms with E-state index in [1.54, 1.807) is 18.7 Å². The zero-order chi connectivity index (χ0) is 18.7. The normalized spacial score (nSPS) is 21.6. The fourth-order valence-corrected chi connectivity index (χ4v) is 3.94. The SMILES string of the molecule is CCC(C)(C)C1=CCC(N2CCN(c3ccc(C(=O)NC)nc3)CC2)C1. The maximum Gasteiger partial charge on any atom is 0.269 e.